The Bertz CT molecular complexity index is 1220. The van der Waals surface area contributed by atoms with Crippen molar-refractivity contribution in [1.82, 2.24) is 5.32 Å². The maximum atomic E-state index is 12.5. The highest BCUT2D eigenvalue weighted by atomic mass is 32.2. The number of carbonyl (C=O) groups excluding carboxylic acids is 1. The molecule has 0 aromatic heterocycles. The predicted octanol–water partition coefficient (Wildman–Crippen LogP) is 3.87. The van der Waals surface area contributed by atoms with Crippen molar-refractivity contribution in [2.24, 2.45) is 0 Å². The van der Waals surface area contributed by atoms with Crippen LogP contribution in [0.4, 0.5) is 11.4 Å². The Morgan fingerprint density at radius 3 is 2.26 bits per heavy atom. The molecule has 2 N–H and O–H groups in total. The van der Waals surface area contributed by atoms with Crippen molar-refractivity contribution in [2.45, 2.75) is 6.54 Å². The zero-order valence-electron chi connectivity index (χ0n) is 18.7. The van der Waals surface area contributed by atoms with Crippen LogP contribution < -0.4 is 14.9 Å². The molecule has 1 heterocycles. The van der Waals surface area contributed by atoms with Gasteiger partial charge in [-0.3, -0.25) is 9.52 Å². The van der Waals surface area contributed by atoms with E-state index in [9.17, 15) is 13.2 Å². The van der Waals surface area contributed by atoms with Crippen LogP contribution in [0.3, 0.4) is 0 Å². The number of morpholine rings is 1. The van der Waals surface area contributed by atoms with Gasteiger partial charge in [0.1, 0.15) is 0 Å². The summed E-state index contributed by atoms with van der Waals surface area (Å²) in [5.74, 6) is -0.226. The minimum atomic E-state index is -3.67. The van der Waals surface area contributed by atoms with E-state index in [-0.39, 0.29) is 5.91 Å². The lowest BCUT2D eigenvalue weighted by atomic mass is 10.1. The number of rotatable bonds is 8. The molecule has 3 aromatic carbocycles. The Labute approximate surface area is 200 Å². The summed E-state index contributed by atoms with van der Waals surface area (Å²) in [6.45, 7) is 3.64. The molecular formula is C26H27N3O4S. The van der Waals surface area contributed by atoms with E-state index in [4.69, 9.17) is 4.74 Å². The van der Waals surface area contributed by atoms with Crippen molar-refractivity contribution in [1.29, 1.82) is 0 Å². The maximum Gasteiger partial charge on any atom is 0.255 e. The molecular weight excluding hydrogens is 450 g/mol. The Balaban J connectivity index is 1.29. The van der Waals surface area contributed by atoms with Crippen molar-refractivity contribution >= 4 is 33.4 Å². The summed E-state index contributed by atoms with van der Waals surface area (Å²) >= 11 is 0. The molecule has 176 valence electrons. The van der Waals surface area contributed by atoms with E-state index in [1.807, 2.05) is 42.5 Å². The highest BCUT2D eigenvalue weighted by molar-refractivity contribution is 7.95. The lowest BCUT2D eigenvalue weighted by molar-refractivity contribution is 0.0951. The molecule has 1 fully saturated rings. The van der Waals surface area contributed by atoms with Crippen LogP contribution in [-0.2, 0) is 21.3 Å². The fourth-order valence-electron chi connectivity index (χ4n) is 3.55. The normalized spacial score (nSPS) is 14.2. The molecule has 1 saturated heterocycles. The molecule has 0 unspecified atom stereocenters. The second-order valence-electron chi connectivity index (χ2n) is 7.89. The summed E-state index contributed by atoms with van der Waals surface area (Å²) in [6, 6.07) is 23.6. The molecule has 1 amide bonds. The van der Waals surface area contributed by atoms with E-state index >= 15 is 0 Å². The second kappa shape index (κ2) is 11.0. The zero-order chi connectivity index (χ0) is 23.8. The van der Waals surface area contributed by atoms with Crippen LogP contribution >= 0.6 is 0 Å². The molecule has 0 saturated carbocycles. The van der Waals surface area contributed by atoms with Gasteiger partial charge in [0.15, 0.2) is 0 Å². The standard InChI is InChI=1S/C26H27N3O4S/c30-26(27-20-22-6-12-25(13-7-22)29-15-17-33-18-16-29)23-8-10-24(11-9-23)28-34(31,32)19-14-21-4-2-1-3-5-21/h1-14,19,28H,15-18,20H2,(H,27,30). The number of anilines is 2. The van der Waals surface area contributed by atoms with Gasteiger partial charge in [-0.15, -0.1) is 0 Å². The number of amides is 1. The van der Waals surface area contributed by atoms with Gasteiger partial charge in [0, 0.05) is 36.6 Å². The first-order valence-corrected chi connectivity index (χ1v) is 12.6. The van der Waals surface area contributed by atoms with Gasteiger partial charge in [-0.1, -0.05) is 42.5 Å². The third kappa shape index (κ3) is 6.69. The SMILES string of the molecule is O=C(NCc1ccc(N2CCOCC2)cc1)c1ccc(NS(=O)(=O)C=Cc2ccccc2)cc1. The molecule has 3 aromatic rings. The molecule has 1 aliphatic rings. The van der Waals surface area contributed by atoms with Gasteiger partial charge in [0.05, 0.1) is 18.6 Å². The van der Waals surface area contributed by atoms with E-state index in [1.54, 1.807) is 24.3 Å². The topological polar surface area (TPSA) is 87.7 Å². The minimum Gasteiger partial charge on any atom is -0.378 e. The first-order chi connectivity index (χ1) is 16.5. The molecule has 0 bridgehead atoms. The van der Waals surface area contributed by atoms with Crippen molar-refractivity contribution < 1.29 is 17.9 Å². The van der Waals surface area contributed by atoms with Gasteiger partial charge < -0.3 is 15.0 Å². The largest absolute Gasteiger partial charge is 0.378 e. The Morgan fingerprint density at radius 1 is 0.912 bits per heavy atom. The van der Waals surface area contributed by atoms with Crippen molar-refractivity contribution in [3.05, 3.63) is 101 Å². The molecule has 0 atom stereocenters. The minimum absolute atomic E-state index is 0.226. The van der Waals surface area contributed by atoms with Crippen LogP contribution in [0.1, 0.15) is 21.5 Å². The summed E-state index contributed by atoms with van der Waals surface area (Å²) < 4.78 is 32.5. The van der Waals surface area contributed by atoms with Gasteiger partial charge in [-0.2, -0.15) is 0 Å². The summed E-state index contributed by atoms with van der Waals surface area (Å²) in [7, 11) is -3.67. The van der Waals surface area contributed by atoms with Gasteiger partial charge in [0.2, 0.25) is 0 Å². The third-order valence-electron chi connectivity index (χ3n) is 5.41. The Morgan fingerprint density at radius 2 is 1.59 bits per heavy atom. The quantitative estimate of drug-likeness (QED) is 0.514. The average Bonchev–Trinajstić information content (AvgIpc) is 2.88. The van der Waals surface area contributed by atoms with E-state index in [0.29, 0.717) is 17.8 Å². The number of hydrogen-bond acceptors (Lipinski definition) is 5. The van der Waals surface area contributed by atoms with Gasteiger partial charge in [-0.25, -0.2) is 8.42 Å². The van der Waals surface area contributed by atoms with Crippen LogP contribution in [-0.4, -0.2) is 40.6 Å². The van der Waals surface area contributed by atoms with Crippen LogP contribution in [0.15, 0.2) is 84.3 Å². The van der Waals surface area contributed by atoms with Crippen molar-refractivity contribution in [3.63, 3.8) is 0 Å². The molecule has 34 heavy (non-hydrogen) atoms. The van der Waals surface area contributed by atoms with E-state index in [2.05, 4.69) is 27.1 Å². The number of nitrogens with zero attached hydrogens (tertiary/aromatic N) is 1. The molecule has 0 spiro atoms. The summed E-state index contributed by atoms with van der Waals surface area (Å²) in [6.07, 6.45) is 1.53. The van der Waals surface area contributed by atoms with E-state index in [1.165, 1.54) is 6.08 Å². The highest BCUT2D eigenvalue weighted by Gasteiger charge is 2.12. The number of nitrogens with one attached hydrogen (secondary N) is 2. The fourth-order valence-corrected chi connectivity index (χ4v) is 4.42. The van der Waals surface area contributed by atoms with Gasteiger partial charge >= 0.3 is 0 Å². The lowest BCUT2D eigenvalue weighted by Gasteiger charge is -2.28. The van der Waals surface area contributed by atoms with Crippen molar-refractivity contribution in [3.8, 4) is 0 Å². The lowest BCUT2D eigenvalue weighted by Crippen LogP contribution is -2.36. The first-order valence-electron chi connectivity index (χ1n) is 11.0. The molecule has 0 aliphatic carbocycles. The number of ether oxygens (including phenoxy) is 1. The van der Waals surface area contributed by atoms with Crippen molar-refractivity contribution in [2.75, 3.05) is 35.9 Å². The average molecular weight is 478 g/mol. The summed E-state index contributed by atoms with van der Waals surface area (Å²) in [4.78, 5) is 14.8. The first kappa shape index (κ1) is 23.5. The monoisotopic (exact) mass is 477 g/mol. The fraction of sp³-hybridized carbons (Fsp3) is 0.192. The van der Waals surface area contributed by atoms with Crippen LogP contribution in [0.25, 0.3) is 6.08 Å². The van der Waals surface area contributed by atoms with Crippen LogP contribution in [0, 0.1) is 0 Å². The molecule has 7 nitrogen and oxygen atoms in total. The number of benzene rings is 3. The van der Waals surface area contributed by atoms with E-state index in [0.717, 1.165) is 48.5 Å². The van der Waals surface area contributed by atoms with E-state index < -0.39 is 10.0 Å². The summed E-state index contributed by atoms with van der Waals surface area (Å²) in [5.41, 5.74) is 3.77. The Kier molecular flexibility index (Phi) is 7.61. The predicted molar refractivity (Wildman–Crippen MR) is 135 cm³/mol. The zero-order valence-corrected chi connectivity index (χ0v) is 19.5. The highest BCUT2D eigenvalue weighted by Crippen LogP contribution is 2.17. The maximum absolute atomic E-state index is 12.5. The van der Waals surface area contributed by atoms with Crippen LogP contribution in [0.2, 0.25) is 0 Å². The molecule has 0 radical (unpaired) electrons. The van der Waals surface area contributed by atoms with Gasteiger partial charge in [-0.05, 0) is 53.6 Å². The molecule has 4 rings (SSSR count). The second-order valence-corrected chi connectivity index (χ2v) is 9.45. The number of sulfonamides is 1. The van der Waals surface area contributed by atoms with Crippen LogP contribution in [0.5, 0.6) is 0 Å². The third-order valence-corrected chi connectivity index (χ3v) is 6.43. The Hall–Kier alpha value is -3.62. The number of carbonyl (C=O) groups is 1. The number of hydrogen-bond donors (Lipinski definition) is 2. The smallest absolute Gasteiger partial charge is 0.255 e. The van der Waals surface area contributed by atoms with Gasteiger partial charge in [0.25, 0.3) is 15.9 Å². The molecule has 1 aliphatic heterocycles. The molecule has 8 heteroatoms. The summed E-state index contributed by atoms with van der Waals surface area (Å²) in [5, 5.41) is 4.02.